The zero-order valence-corrected chi connectivity index (χ0v) is 20.0. The van der Waals surface area contributed by atoms with Gasteiger partial charge in [0.2, 0.25) is 0 Å². The maximum atomic E-state index is 5.97. The number of ether oxygens (including phenoxy) is 1. The lowest BCUT2D eigenvalue weighted by molar-refractivity contribution is 0.483. The quantitative estimate of drug-likeness (QED) is 0.245. The van der Waals surface area contributed by atoms with E-state index in [1.54, 1.807) is 0 Å². The monoisotopic (exact) mass is 489 g/mol. The summed E-state index contributed by atoms with van der Waals surface area (Å²) in [6, 6.07) is 26.3. The molecule has 0 aliphatic carbocycles. The molecule has 1 aromatic heterocycles. The van der Waals surface area contributed by atoms with Crippen LogP contribution in [0.5, 0.6) is 11.5 Å². The van der Waals surface area contributed by atoms with E-state index in [2.05, 4.69) is 28.6 Å². The van der Waals surface area contributed by atoms with Crippen LogP contribution in [-0.4, -0.2) is 16.9 Å². The third-order valence-corrected chi connectivity index (χ3v) is 5.05. The van der Waals surface area contributed by atoms with E-state index in [-0.39, 0.29) is 24.8 Å². The van der Waals surface area contributed by atoms with Crippen LogP contribution in [0, 0.1) is 0 Å². The zero-order valence-electron chi connectivity index (χ0n) is 17.6. The number of pyridine rings is 1. The van der Waals surface area contributed by atoms with Gasteiger partial charge in [0, 0.05) is 40.6 Å². The van der Waals surface area contributed by atoms with Gasteiger partial charge in [-0.05, 0) is 74.0 Å². The smallest absolute Gasteiger partial charge is 0.127 e. The summed E-state index contributed by atoms with van der Waals surface area (Å²) in [7, 11) is 0. The van der Waals surface area contributed by atoms with E-state index in [0.29, 0.717) is 11.9 Å². The molecule has 32 heavy (non-hydrogen) atoms. The van der Waals surface area contributed by atoms with E-state index in [4.69, 9.17) is 16.3 Å². The number of benzene rings is 3. The molecule has 0 saturated carbocycles. The molecule has 0 saturated heterocycles. The van der Waals surface area contributed by atoms with E-state index >= 15 is 0 Å². The molecule has 0 spiro atoms. The normalized spacial score (nSPS) is 11.1. The summed E-state index contributed by atoms with van der Waals surface area (Å²) >= 11 is 5.79. The topological polar surface area (TPSA) is 46.2 Å². The van der Waals surface area contributed by atoms with Gasteiger partial charge in [-0.1, -0.05) is 18.2 Å². The highest BCUT2D eigenvalue weighted by Gasteiger charge is 2.04. The number of hydrogen-bond donors (Lipinski definition) is 2. The molecule has 4 aromatic rings. The Morgan fingerprint density at radius 3 is 2.12 bits per heavy atom. The molecule has 0 aliphatic rings. The minimum atomic E-state index is 0. The maximum Gasteiger partial charge on any atom is 0.127 e. The first kappa shape index (κ1) is 25.6. The molecule has 4 rings (SSSR count). The van der Waals surface area contributed by atoms with Gasteiger partial charge in [-0.15, -0.1) is 36.4 Å². The molecule has 7 heteroatoms. The third kappa shape index (κ3) is 6.67. The fourth-order valence-electron chi connectivity index (χ4n) is 3.24. The van der Waals surface area contributed by atoms with Crippen molar-refractivity contribution in [1.82, 2.24) is 4.98 Å². The van der Waals surface area contributed by atoms with Crippen molar-refractivity contribution in [3.05, 3.63) is 85.1 Å². The number of para-hydroxylation sites is 1. The number of alkyl halides is 1. The van der Waals surface area contributed by atoms with Gasteiger partial charge in [0.25, 0.3) is 0 Å². The maximum absolute atomic E-state index is 5.97. The van der Waals surface area contributed by atoms with Gasteiger partial charge in [0.05, 0.1) is 5.52 Å². The fourth-order valence-corrected chi connectivity index (χ4v) is 3.57. The first-order valence-electron chi connectivity index (χ1n) is 10.0. The van der Waals surface area contributed by atoms with Crippen LogP contribution >= 0.6 is 36.4 Å². The highest BCUT2D eigenvalue weighted by atomic mass is 35.5. The van der Waals surface area contributed by atoms with Gasteiger partial charge in [-0.3, -0.25) is 4.98 Å². The van der Waals surface area contributed by atoms with Crippen LogP contribution in [0.25, 0.3) is 10.9 Å². The van der Waals surface area contributed by atoms with Crippen molar-refractivity contribution in [1.29, 1.82) is 0 Å². The molecular formula is C25H26Cl3N3O. The van der Waals surface area contributed by atoms with Crippen LogP contribution < -0.4 is 15.4 Å². The highest BCUT2D eigenvalue weighted by molar-refractivity contribution is 6.17. The second-order valence-corrected chi connectivity index (χ2v) is 7.55. The molecule has 0 aliphatic heterocycles. The number of hydrogen-bond acceptors (Lipinski definition) is 4. The van der Waals surface area contributed by atoms with Crippen LogP contribution in [0.1, 0.15) is 13.3 Å². The Morgan fingerprint density at radius 2 is 1.47 bits per heavy atom. The Kier molecular flexibility index (Phi) is 9.92. The molecular weight excluding hydrogens is 465 g/mol. The van der Waals surface area contributed by atoms with Gasteiger partial charge in [-0.2, -0.15) is 0 Å². The van der Waals surface area contributed by atoms with Crippen LogP contribution in [0.2, 0.25) is 0 Å². The number of nitrogens with one attached hydrogen (secondary N) is 2. The van der Waals surface area contributed by atoms with Crippen molar-refractivity contribution < 1.29 is 4.74 Å². The van der Waals surface area contributed by atoms with Crippen LogP contribution in [0.15, 0.2) is 85.1 Å². The van der Waals surface area contributed by atoms with Crippen molar-refractivity contribution >= 4 is 64.4 Å². The van der Waals surface area contributed by atoms with Crippen molar-refractivity contribution in [2.75, 3.05) is 16.5 Å². The second kappa shape index (κ2) is 12.4. The molecule has 0 fully saturated rings. The predicted octanol–water partition coefficient (Wildman–Crippen LogP) is 8.04. The van der Waals surface area contributed by atoms with E-state index < -0.39 is 0 Å². The molecule has 1 atom stereocenters. The number of halogens is 3. The minimum absolute atomic E-state index is 0. The Morgan fingerprint density at radius 1 is 0.844 bits per heavy atom. The SMILES string of the molecule is CC(CCCl)Nc1ccc(Oc2ccc(Nc3ccnc4ccccc34)cc2)cc1.Cl.Cl. The highest BCUT2D eigenvalue weighted by Crippen LogP contribution is 2.28. The summed E-state index contributed by atoms with van der Waals surface area (Å²) in [4.78, 5) is 4.41. The van der Waals surface area contributed by atoms with E-state index in [9.17, 15) is 0 Å². The Labute approximate surface area is 206 Å². The molecule has 2 N–H and O–H groups in total. The third-order valence-electron chi connectivity index (χ3n) is 4.83. The van der Waals surface area contributed by atoms with Crippen molar-refractivity contribution in [2.45, 2.75) is 19.4 Å². The molecule has 0 bridgehead atoms. The zero-order chi connectivity index (χ0) is 20.8. The van der Waals surface area contributed by atoms with Gasteiger partial charge < -0.3 is 15.4 Å². The molecule has 3 aromatic carbocycles. The summed E-state index contributed by atoms with van der Waals surface area (Å²) in [5, 5.41) is 7.98. The van der Waals surface area contributed by atoms with E-state index in [0.717, 1.165) is 45.9 Å². The lowest BCUT2D eigenvalue weighted by atomic mass is 10.2. The molecule has 1 unspecified atom stereocenters. The van der Waals surface area contributed by atoms with Gasteiger partial charge in [0.15, 0.2) is 0 Å². The summed E-state index contributed by atoms with van der Waals surface area (Å²) < 4.78 is 5.97. The first-order chi connectivity index (χ1) is 14.7. The molecule has 0 radical (unpaired) electrons. The minimum Gasteiger partial charge on any atom is -0.457 e. The van der Waals surface area contributed by atoms with Crippen molar-refractivity contribution in [3.63, 3.8) is 0 Å². The van der Waals surface area contributed by atoms with Gasteiger partial charge in [0.1, 0.15) is 11.5 Å². The summed E-state index contributed by atoms with van der Waals surface area (Å²) in [6.07, 6.45) is 2.74. The van der Waals surface area contributed by atoms with Gasteiger partial charge >= 0.3 is 0 Å². The van der Waals surface area contributed by atoms with E-state index in [1.165, 1.54) is 0 Å². The summed E-state index contributed by atoms with van der Waals surface area (Å²) in [5.41, 5.74) is 4.05. The molecule has 4 nitrogen and oxygen atoms in total. The lowest BCUT2D eigenvalue weighted by Crippen LogP contribution is -2.15. The number of fused-ring (bicyclic) bond motifs is 1. The average molecular weight is 491 g/mol. The van der Waals surface area contributed by atoms with Crippen LogP contribution in [0.4, 0.5) is 17.1 Å². The molecule has 168 valence electrons. The number of rotatable bonds is 8. The number of aromatic nitrogens is 1. The predicted molar refractivity (Wildman–Crippen MR) is 141 cm³/mol. The van der Waals surface area contributed by atoms with Crippen molar-refractivity contribution in [2.24, 2.45) is 0 Å². The molecule has 0 amide bonds. The molecule has 1 heterocycles. The Hall–Kier alpha value is -2.66. The second-order valence-electron chi connectivity index (χ2n) is 7.17. The Bertz CT molecular complexity index is 1100. The number of anilines is 3. The number of nitrogens with zero attached hydrogens (tertiary/aromatic N) is 1. The van der Waals surface area contributed by atoms with E-state index in [1.807, 2.05) is 79.0 Å². The Balaban J connectivity index is 0.00000181. The standard InChI is InChI=1S/C25H24ClN3O.2ClH/c1-18(14-16-26)28-19-6-10-21(11-7-19)30-22-12-8-20(9-13-22)29-25-15-17-27-24-5-3-2-4-23(24)25;;/h2-13,15,17-18,28H,14,16H2,1H3,(H,27,29);2*1H. The lowest BCUT2D eigenvalue weighted by Gasteiger charge is -2.14. The average Bonchev–Trinajstić information content (AvgIpc) is 2.77. The summed E-state index contributed by atoms with van der Waals surface area (Å²) in [6.45, 7) is 2.12. The summed E-state index contributed by atoms with van der Waals surface area (Å²) in [5.74, 6) is 2.24. The fraction of sp³-hybridized carbons (Fsp3) is 0.160. The van der Waals surface area contributed by atoms with Crippen LogP contribution in [-0.2, 0) is 0 Å². The largest absolute Gasteiger partial charge is 0.457 e. The van der Waals surface area contributed by atoms with Gasteiger partial charge in [-0.25, -0.2) is 0 Å². The first-order valence-corrected chi connectivity index (χ1v) is 10.6. The van der Waals surface area contributed by atoms with Crippen molar-refractivity contribution in [3.8, 4) is 11.5 Å². The van der Waals surface area contributed by atoms with Crippen LogP contribution in [0.3, 0.4) is 0 Å².